The molecule has 126 valence electrons. The average molecular weight is 347 g/mol. The van der Waals surface area contributed by atoms with Crippen LogP contribution in [0.4, 0.5) is 11.4 Å². The second-order valence-corrected chi connectivity index (χ2v) is 7.38. The summed E-state index contributed by atoms with van der Waals surface area (Å²) in [6, 6.07) is 12.1. The van der Waals surface area contributed by atoms with Crippen molar-refractivity contribution in [3.63, 3.8) is 0 Å². The third-order valence-corrected chi connectivity index (χ3v) is 5.78. The zero-order valence-electron chi connectivity index (χ0n) is 12.9. The highest BCUT2D eigenvalue weighted by atomic mass is 32.2. The highest BCUT2D eigenvalue weighted by Crippen LogP contribution is 2.32. The standard InChI is InChI=1S/C16H17N3O4S/c20-19(21)15-12-13(18-10-8-17-9-11-18)6-7-16(15)24(22,23)14-4-2-1-3-5-14/h1-7,12,17H,8-11H2. The van der Waals surface area contributed by atoms with Gasteiger partial charge in [-0.15, -0.1) is 0 Å². The van der Waals surface area contributed by atoms with Crippen LogP contribution in [0.2, 0.25) is 0 Å². The summed E-state index contributed by atoms with van der Waals surface area (Å²) in [5.41, 5.74) is 0.269. The van der Waals surface area contributed by atoms with Crippen molar-refractivity contribution in [3.05, 3.63) is 58.6 Å². The van der Waals surface area contributed by atoms with Gasteiger partial charge in [-0.1, -0.05) is 18.2 Å². The highest BCUT2D eigenvalue weighted by Gasteiger charge is 2.28. The molecule has 1 N–H and O–H groups in total. The second kappa shape index (κ2) is 6.58. The lowest BCUT2D eigenvalue weighted by Crippen LogP contribution is -2.43. The maximum absolute atomic E-state index is 12.7. The summed E-state index contributed by atoms with van der Waals surface area (Å²) in [5, 5.41) is 14.7. The average Bonchev–Trinajstić information content (AvgIpc) is 2.62. The van der Waals surface area contributed by atoms with E-state index in [9.17, 15) is 18.5 Å². The molecule has 0 spiro atoms. The molecule has 0 amide bonds. The number of sulfone groups is 1. The predicted octanol–water partition coefficient (Wildman–Crippen LogP) is 1.84. The van der Waals surface area contributed by atoms with Crippen molar-refractivity contribution in [1.29, 1.82) is 0 Å². The van der Waals surface area contributed by atoms with Crippen molar-refractivity contribution in [1.82, 2.24) is 5.32 Å². The fraction of sp³-hybridized carbons (Fsp3) is 0.250. The van der Waals surface area contributed by atoms with Crippen LogP contribution in [0.15, 0.2) is 58.3 Å². The fourth-order valence-corrected chi connectivity index (χ4v) is 4.15. The Kier molecular flexibility index (Phi) is 4.50. The van der Waals surface area contributed by atoms with E-state index in [1.807, 2.05) is 4.90 Å². The summed E-state index contributed by atoms with van der Waals surface area (Å²) in [5.74, 6) is 0. The topological polar surface area (TPSA) is 92.6 Å². The Hall–Kier alpha value is -2.45. The van der Waals surface area contributed by atoms with E-state index >= 15 is 0 Å². The minimum atomic E-state index is -3.93. The number of rotatable bonds is 4. The lowest BCUT2D eigenvalue weighted by Gasteiger charge is -2.29. The molecule has 0 bridgehead atoms. The van der Waals surface area contributed by atoms with Gasteiger partial charge in [-0.2, -0.15) is 0 Å². The Labute approximate surface area is 140 Å². The van der Waals surface area contributed by atoms with Gasteiger partial charge in [-0.25, -0.2) is 8.42 Å². The number of anilines is 1. The third-order valence-electron chi connectivity index (χ3n) is 3.96. The second-order valence-electron chi connectivity index (χ2n) is 5.46. The molecule has 1 fully saturated rings. The summed E-state index contributed by atoms with van der Waals surface area (Å²) < 4.78 is 25.4. The van der Waals surface area contributed by atoms with Gasteiger partial charge in [0.25, 0.3) is 5.69 Å². The number of nitrogens with one attached hydrogen (secondary N) is 1. The van der Waals surface area contributed by atoms with Crippen LogP contribution in [-0.2, 0) is 9.84 Å². The van der Waals surface area contributed by atoms with Gasteiger partial charge in [-0.05, 0) is 24.3 Å². The molecule has 1 saturated heterocycles. The van der Waals surface area contributed by atoms with E-state index < -0.39 is 20.4 Å². The summed E-state index contributed by atoms with van der Waals surface area (Å²) in [6.07, 6.45) is 0. The molecule has 0 aromatic heterocycles. The molecule has 3 rings (SSSR count). The van der Waals surface area contributed by atoms with Gasteiger partial charge in [0.1, 0.15) is 4.90 Å². The minimum absolute atomic E-state index is 0.0445. The Morgan fingerprint density at radius 1 is 1.04 bits per heavy atom. The fourth-order valence-electron chi connectivity index (χ4n) is 2.72. The van der Waals surface area contributed by atoms with Gasteiger partial charge in [0.15, 0.2) is 0 Å². The molecule has 1 heterocycles. The number of piperazine rings is 1. The summed E-state index contributed by atoms with van der Waals surface area (Å²) in [4.78, 5) is 12.6. The highest BCUT2D eigenvalue weighted by molar-refractivity contribution is 7.91. The van der Waals surface area contributed by atoms with Gasteiger partial charge in [0.05, 0.1) is 9.82 Å². The predicted molar refractivity (Wildman–Crippen MR) is 90.1 cm³/mol. The molecule has 2 aromatic carbocycles. The maximum Gasteiger partial charge on any atom is 0.290 e. The Morgan fingerprint density at radius 3 is 2.33 bits per heavy atom. The minimum Gasteiger partial charge on any atom is -0.369 e. The zero-order chi connectivity index (χ0) is 17.2. The summed E-state index contributed by atoms with van der Waals surface area (Å²) in [7, 11) is -3.93. The smallest absolute Gasteiger partial charge is 0.290 e. The van der Waals surface area contributed by atoms with Gasteiger partial charge >= 0.3 is 0 Å². The summed E-state index contributed by atoms with van der Waals surface area (Å²) in [6.45, 7) is 3.03. The van der Waals surface area contributed by atoms with Gasteiger partial charge in [0.2, 0.25) is 9.84 Å². The normalized spacial score (nSPS) is 15.2. The van der Waals surface area contributed by atoms with Crippen molar-refractivity contribution >= 4 is 21.2 Å². The van der Waals surface area contributed by atoms with Gasteiger partial charge in [0, 0.05) is 37.9 Å². The monoisotopic (exact) mass is 347 g/mol. The van der Waals surface area contributed by atoms with E-state index in [4.69, 9.17) is 0 Å². The Morgan fingerprint density at radius 2 is 1.71 bits per heavy atom. The van der Waals surface area contributed by atoms with Crippen molar-refractivity contribution < 1.29 is 13.3 Å². The molecule has 24 heavy (non-hydrogen) atoms. The molecule has 0 radical (unpaired) electrons. The van der Waals surface area contributed by atoms with Crippen molar-refractivity contribution in [3.8, 4) is 0 Å². The molecule has 8 heteroatoms. The zero-order valence-corrected chi connectivity index (χ0v) is 13.7. The van der Waals surface area contributed by atoms with Crippen molar-refractivity contribution in [2.75, 3.05) is 31.1 Å². The van der Waals surface area contributed by atoms with Crippen LogP contribution in [0.5, 0.6) is 0 Å². The number of nitro benzene ring substituents is 1. The van der Waals surface area contributed by atoms with E-state index in [-0.39, 0.29) is 9.79 Å². The van der Waals surface area contributed by atoms with Crippen LogP contribution < -0.4 is 10.2 Å². The molecule has 1 aliphatic heterocycles. The molecular formula is C16H17N3O4S. The third kappa shape index (κ3) is 3.10. The van der Waals surface area contributed by atoms with Gasteiger partial charge in [-0.3, -0.25) is 10.1 Å². The van der Waals surface area contributed by atoms with Crippen molar-refractivity contribution in [2.24, 2.45) is 0 Å². The molecule has 7 nitrogen and oxygen atoms in total. The Balaban J connectivity index is 2.07. The van der Waals surface area contributed by atoms with Crippen LogP contribution in [0.25, 0.3) is 0 Å². The SMILES string of the molecule is O=[N+]([O-])c1cc(N2CCNCC2)ccc1S(=O)(=O)c1ccccc1. The van der Waals surface area contributed by atoms with E-state index in [1.165, 1.54) is 24.3 Å². The van der Waals surface area contributed by atoms with E-state index in [0.29, 0.717) is 5.69 Å². The lowest BCUT2D eigenvalue weighted by atomic mass is 10.2. The molecule has 0 saturated carbocycles. The first-order chi connectivity index (χ1) is 11.5. The first-order valence-electron chi connectivity index (χ1n) is 7.54. The number of hydrogen-bond acceptors (Lipinski definition) is 6. The molecular weight excluding hydrogens is 330 g/mol. The molecule has 0 unspecified atom stereocenters. The molecule has 2 aromatic rings. The largest absolute Gasteiger partial charge is 0.369 e. The molecule has 0 aliphatic carbocycles. The number of benzene rings is 2. The van der Waals surface area contributed by atoms with Crippen LogP contribution in [0, 0.1) is 10.1 Å². The first-order valence-corrected chi connectivity index (χ1v) is 9.03. The lowest BCUT2D eigenvalue weighted by molar-refractivity contribution is -0.387. The summed E-state index contributed by atoms with van der Waals surface area (Å²) >= 11 is 0. The maximum atomic E-state index is 12.7. The molecule has 1 aliphatic rings. The van der Waals surface area contributed by atoms with E-state index in [0.717, 1.165) is 26.2 Å². The first kappa shape index (κ1) is 16.4. The number of hydrogen-bond donors (Lipinski definition) is 1. The Bertz CT molecular complexity index is 847. The van der Waals surface area contributed by atoms with Crippen LogP contribution >= 0.6 is 0 Å². The van der Waals surface area contributed by atoms with Crippen molar-refractivity contribution in [2.45, 2.75) is 9.79 Å². The van der Waals surface area contributed by atoms with E-state index in [2.05, 4.69) is 5.32 Å². The quantitative estimate of drug-likeness (QED) is 0.670. The van der Waals surface area contributed by atoms with Crippen LogP contribution in [-0.4, -0.2) is 39.5 Å². The van der Waals surface area contributed by atoms with Crippen LogP contribution in [0.3, 0.4) is 0 Å². The van der Waals surface area contributed by atoms with E-state index in [1.54, 1.807) is 24.3 Å². The number of nitro groups is 1. The molecule has 0 atom stereocenters. The van der Waals surface area contributed by atoms with Gasteiger partial charge < -0.3 is 10.2 Å². The number of nitrogens with zero attached hydrogens (tertiary/aromatic N) is 2. The van der Waals surface area contributed by atoms with Crippen LogP contribution in [0.1, 0.15) is 0 Å².